The van der Waals surface area contributed by atoms with E-state index in [1.54, 1.807) is 0 Å². The van der Waals surface area contributed by atoms with E-state index >= 15 is 0 Å². The number of nitrogens with one attached hydrogen (secondary N) is 1. The molecule has 0 aliphatic carbocycles. The zero-order valence-corrected chi connectivity index (χ0v) is 12.9. The number of aromatic nitrogens is 1. The number of ether oxygens (including phenoxy) is 2. The summed E-state index contributed by atoms with van der Waals surface area (Å²) in [6.07, 6.45) is 1.04. The van der Waals surface area contributed by atoms with E-state index in [1.807, 2.05) is 0 Å². The first kappa shape index (κ1) is 16.4. The number of anilines is 1. The molecular weight excluding hydrogens is 326 g/mol. The van der Waals surface area contributed by atoms with Crippen LogP contribution in [0.1, 0.15) is 17.3 Å². The first-order valence-corrected chi connectivity index (χ1v) is 7.00. The number of hydrogen-bond acceptors (Lipinski definition) is 8. The number of esters is 1. The molecule has 0 atom stereocenters. The molecule has 0 saturated heterocycles. The van der Waals surface area contributed by atoms with Gasteiger partial charge in [-0.3, -0.25) is 25.0 Å². The summed E-state index contributed by atoms with van der Waals surface area (Å²) in [4.78, 5) is 37.2. The van der Waals surface area contributed by atoms with Crippen molar-refractivity contribution in [2.45, 2.75) is 6.92 Å². The molecule has 0 fully saturated rings. The molecule has 120 valence electrons. The lowest BCUT2D eigenvalue weighted by molar-refractivity contribution is -0.380. The van der Waals surface area contributed by atoms with E-state index in [-0.39, 0.29) is 21.4 Å². The van der Waals surface area contributed by atoms with E-state index in [1.165, 1.54) is 32.2 Å². The number of carbonyl (C=O) groups is 2. The number of carbonyl (C=O) groups excluding carboxylic acids is 2. The highest BCUT2D eigenvalue weighted by Gasteiger charge is 2.19. The van der Waals surface area contributed by atoms with Crippen LogP contribution in [-0.4, -0.2) is 28.9 Å². The van der Waals surface area contributed by atoms with Crippen LogP contribution in [0.2, 0.25) is 0 Å². The van der Waals surface area contributed by atoms with Crippen molar-refractivity contribution in [1.82, 2.24) is 4.98 Å². The molecule has 0 radical (unpaired) electrons. The van der Waals surface area contributed by atoms with Crippen LogP contribution in [0.3, 0.4) is 0 Å². The molecule has 2 rings (SSSR count). The largest absolute Gasteiger partial charge is 0.497 e. The van der Waals surface area contributed by atoms with E-state index in [4.69, 9.17) is 9.47 Å². The number of hydrogen-bond donors (Lipinski definition) is 1. The number of benzene rings is 1. The Labute approximate surface area is 134 Å². The zero-order valence-electron chi connectivity index (χ0n) is 12.1. The number of rotatable bonds is 5. The average Bonchev–Trinajstić information content (AvgIpc) is 2.95. The number of nitro groups is 1. The minimum Gasteiger partial charge on any atom is -0.497 e. The molecule has 1 heterocycles. The highest BCUT2D eigenvalue weighted by atomic mass is 32.1. The summed E-state index contributed by atoms with van der Waals surface area (Å²) in [5.41, 5.74) is 0.0393. The minimum atomic E-state index is -0.635. The number of thiazole rings is 1. The topological polar surface area (TPSA) is 121 Å². The van der Waals surface area contributed by atoms with Gasteiger partial charge in [0.2, 0.25) is 0 Å². The summed E-state index contributed by atoms with van der Waals surface area (Å²) in [7, 11) is 1.42. The second-order valence-corrected chi connectivity index (χ2v) is 5.18. The molecule has 1 aromatic heterocycles. The van der Waals surface area contributed by atoms with Crippen LogP contribution in [0.15, 0.2) is 24.4 Å². The van der Waals surface area contributed by atoms with Crippen LogP contribution in [0.5, 0.6) is 11.5 Å². The number of nitrogens with zero attached hydrogens (tertiary/aromatic N) is 2. The van der Waals surface area contributed by atoms with Crippen LogP contribution >= 0.6 is 11.3 Å². The molecule has 1 N–H and O–H groups in total. The SMILES string of the molecule is COc1ccc(OC(C)=O)c(C(=O)Nc2ncc([N+](=O)[O-])s2)c1. The molecule has 9 nitrogen and oxygen atoms in total. The zero-order chi connectivity index (χ0) is 17.0. The van der Waals surface area contributed by atoms with Crippen molar-refractivity contribution in [2.24, 2.45) is 0 Å². The van der Waals surface area contributed by atoms with Gasteiger partial charge in [0.25, 0.3) is 5.91 Å². The van der Waals surface area contributed by atoms with Gasteiger partial charge in [-0.05, 0) is 29.5 Å². The smallest absolute Gasteiger partial charge is 0.345 e. The molecule has 1 aromatic carbocycles. The van der Waals surface area contributed by atoms with Gasteiger partial charge in [0, 0.05) is 6.92 Å². The van der Waals surface area contributed by atoms with Gasteiger partial charge in [-0.25, -0.2) is 4.98 Å². The fourth-order valence-electron chi connectivity index (χ4n) is 1.63. The molecule has 23 heavy (non-hydrogen) atoms. The Morgan fingerprint density at radius 3 is 2.70 bits per heavy atom. The Kier molecular flexibility index (Phi) is 4.86. The van der Waals surface area contributed by atoms with Crippen molar-refractivity contribution in [2.75, 3.05) is 12.4 Å². The van der Waals surface area contributed by atoms with Gasteiger partial charge in [0.05, 0.1) is 17.6 Å². The summed E-state index contributed by atoms with van der Waals surface area (Å²) in [5.74, 6) is -0.795. The van der Waals surface area contributed by atoms with Gasteiger partial charge in [-0.15, -0.1) is 0 Å². The van der Waals surface area contributed by atoms with Crippen LogP contribution in [0, 0.1) is 10.1 Å². The molecule has 0 bridgehead atoms. The molecule has 10 heteroatoms. The van der Waals surface area contributed by atoms with E-state index in [2.05, 4.69) is 10.3 Å². The van der Waals surface area contributed by atoms with Crippen LogP contribution in [-0.2, 0) is 4.79 Å². The minimum absolute atomic E-state index is 0.0393. The number of methoxy groups -OCH3 is 1. The van der Waals surface area contributed by atoms with E-state index < -0.39 is 16.8 Å². The molecule has 0 aliphatic rings. The monoisotopic (exact) mass is 337 g/mol. The van der Waals surface area contributed by atoms with Gasteiger partial charge in [0.1, 0.15) is 17.7 Å². The van der Waals surface area contributed by atoms with Crippen LogP contribution < -0.4 is 14.8 Å². The van der Waals surface area contributed by atoms with Gasteiger partial charge in [-0.1, -0.05) is 0 Å². The second-order valence-electron chi connectivity index (χ2n) is 4.17. The Hall–Kier alpha value is -3.01. The predicted octanol–water partition coefficient (Wildman–Crippen LogP) is 2.24. The van der Waals surface area contributed by atoms with Crippen molar-refractivity contribution < 1.29 is 24.0 Å². The summed E-state index contributed by atoms with van der Waals surface area (Å²) in [6.45, 7) is 1.20. The first-order valence-electron chi connectivity index (χ1n) is 6.18. The van der Waals surface area contributed by atoms with Crippen molar-refractivity contribution in [3.63, 3.8) is 0 Å². The Morgan fingerprint density at radius 1 is 1.39 bits per heavy atom. The fourth-order valence-corrected chi connectivity index (χ4v) is 2.26. The summed E-state index contributed by atoms with van der Waals surface area (Å²) >= 11 is 0.713. The van der Waals surface area contributed by atoms with Gasteiger partial charge in [0.15, 0.2) is 5.13 Å². The van der Waals surface area contributed by atoms with Crippen molar-refractivity contribution in [1.29, 1.82) is 0 Å². The summed E-state index contributed by atoms with van der Waals surface area (Å²) in [6, 6.07) is 4.33. The third kappa shape index (κ3) is 4.01. The van der Waals surface area contributed by atoms with Gasteiger partial charge in [-0.2, -0.15) is 0 Å². The maximum Gasteiger partial charge on any atom is 0.345 e. The molecule has 0 aliphatic heterocycles. The average molecular weight is 337 g/mol. The fraction of sp³-hybridized carbons (Fsp3) is 0.154. The first-order chi connectivity index (χ1) is 10.9. The molecular formula is C13H11N3O6S. The summed E-state index contributed by atoms with van der Waals surface area (Å²) in [5, 5.41) is 12.9. The predicted molar refractivity (Wildman–Crippen MR) is 81.0 cm³/mol. The highest BCUT2D eigenvalue weighted by molar-refractivity contribution is 7.18. The Balaban J connectivity index is 2.28. The lowest BCUT2D eigenvalue weighted by Crippen LogP contribution is -2.15. The lowest BCUT2D eigenvalue weighted by Gasteiger charge is -2.10. The Morgan fingerprint density at radius 2 is 2.13 bits per heavy atom. The third-order valence-corrected chi connectivity index (χ3v) is 3.44. The van der Waals surface area contributed by atoms with Gasteiger partial charge < -0.3 is 9.47 Å². The molecule has 0 spiro atoms. The lowest BCUT2D eigenvalue weighted by atomic mass is 10.1. The normalized spacial score (nSPS) is 10.0. The quantitative estimate of drug-likeness (QED) is 0.384. The van der Waals surface area contributed by atoms with E-state index in [0.29, 0.717) is 17.1 Å². The highest BCUT2D eigenvalue weighted by Crippen LogP contribution is 2.28. The van der Waals surface area contributed by atoms with Crippen molar-refractivity contribution in [3.05, 3.63) is 40.1 Å². The molecule has 1 amide bonds. The standard InChI is InChI=1S/C13H11N3O6S/c1-7(17)22-10-4-3-8(21-2)5-9(10)12(18)15-13-14-6-11(23-13)16(19)20/h3-6H,1-2H3,(H,14,15,18). The molecule has 0 unspecified atom stereocenters. The van der Waals surface area contributed by atoms with E-state index in [0.717, 1.165) is 6.20 Å². The van der Waals surface area contributed by atoms with Crippen LogP contribution in [0.25, 0.3) is 0 Å². The maximum absolute atomic E-state index is 12.3. The van der Waals surface area contributed by atoms with Crippen molar-refractivity contribution >= 4 is 33.3 Å². The second kappa shape index (κ2) is 6.83. The Bertz CT molecular complexity index is 773. The van der Waals surface area contributed by atoms with Crippen molar-refractivity contribution in [3.8, 4) is 11.5 Å². The maximum atomic E-state index is 12.3. The summed E-state index contributed by atoms with van der Waals surface area (Å²) < 4.78 is 9.99. The van der Waals surface area contributed by atoms with E-state index in [9.17, 15) is 19.7 Å². The molecule has 2 aromatic rings. The number of amides is 1. The van der Waals surface area contributed by atoms with Crippen LogP contribution in [0.4, 0.5) is 10.1 Å². The molecule has 0 saturated carbocycles. The van der Waals surface area contributed by atoms with Gasteiger partial charge >= 0.3 is 11.0 Å². The third-order valence-electron chi connectivity index (χ3n) is 2.58.